The van der Waals surface area contributed by atoms with Crippen molar-refractivity contribution in [2.75, 3.05) is 12.3 Å². The molecule has 0 amide bonds. The van der Waals surface area contributed by atoms with Crippen molar-refractivity contribution in [3.8, 4) is 0 Å². The lowest BCUT2D eigenvalue weighted by Crippen LogP contribution is -2.37. The van der Waals surface area contributed by atoms with Crippen LogP contribution in [0.4, 0.5) is 5.69 Å². The zero-order valence-electron chi connectivity index (χ0n) is 12.0. The summed E-state index contributed by atoms with van der Waals surface area (Å²) in [6.07, 6.45) is 1.59. The van der Waals surface area contributed by atoms with Gasteiger partial charge in [0.15, 0.2) is 0 Å². The standard InChI is InChI=1S/C14H22N2O2S/c1-6-9-16(10(2)3)19(17,18)14-11(4)7-8-13(15)12(14)5/h6-8,10H,1,9,15H2,2-5H3. The molecule has 0 saturated carbocycles. The van der Waals surface area contributed by atoms with Crippen LogP contribution in [0.15, 0.2) is 29.7 Å². The summed E-state index contributed by atoms with van der Waals surface area (Å²) in [6.45, 7) is 11.1. The van der Waals surface area contributed by atoms with E-state index in [9.17, 15) is 8.42 Å². The summed E-state index contributed by atoms with van der Waals surface area (Å²) >= 11 is 0. The molecule has 0 aliphatic rings. The Kier molecular flexibility index (Phi) is 4.76. The van der Waals surface area contributed by atoms with Crippen molar-refractivity contribution >= 4 is 15.7 Å². The molecule has 1 aromatic carbocycles. The van der Waals surface area contributed by atoms with Gasteiger partial charge in [-0.2, -0.15) is 4.31 Å². The number of hydrogen-bond donors (Lipinski definition) is 1. The highest BCUT2D eigenvalue weighted by Gasteiger charge is 2.29. The maximum Gasteiger partial charge on any atom is 0.244 e. The van der Waals surface area contributed by atoms with E-state index in [1.807, 2.05) is 13.8 Å². The summed E-state index contributed by atoms with van der Waals surface area (Å²) in [7, 11) is -3.56. The first-order valence-electron chi connectivity index (χ1n) is 6.22. The third kappa shape index (κ3) is 2.98. The zero-order chi connectivity index (χ0) is 14.8. The van der Waals surface area contributed by atoms with Crippen molar-refractivity contribution in [1.82, 2.24) is 4.31 Å². The van der Waals surface area contributed by atoms with E-state index in [-0.39, 0.29) is 12.6 Å². The SMILES string of the molecule is C=CCN(C(C)C)S(=O)(=O)c1c(C)ccc(N)c1C. The summed E-state index contributed by atoms with van der Waals surface area (Å²) in [5, 5.41) is 0. The predicted molar refractivity (Wildman–Crippen MR) is 79.6 cm³/mol. The van der Waals surface area contributed by atoms with Crippen LogP contribution in [0.5, 0.6) is 0 Å². The van der Waals surface area contributed by atoms with E-state index in [2.05, 4.69) is 6.58 Å². The lowest BCUT2D eigenvalue weighted by atomic mass is 10.1. The Balaban J connectivity index is 3.50. The van der Waals surface area contributed by atoms with E-state index in [0.29, 0.717) is 21.7 Å². The fraction of sp³-hybridized carbons (Fsp3) is 0.429. The van der Waals surface area contributed by atoms with Crippen LogP contribution in [0.25, 0.3) is 0 Å². The third-order valence-electron chi connectivity index (χ3n) is 3.10. The fourth-order valence-electron chi connectivity index (χ4n) is 2.07. The van der Waals surface area contributed by atoms with Gasteiger partial charge in [0, 0.05) is 18.3 Å². The van der Waals surface area contributed by atoms with E-state index >= 15 is 0 Å². The molecule has 0 aliphatic carbocycles. The monoisotopic (exact) mass is 282 g/mol. The summed E-state index contributed by atoms with van der Waals surface area (Å²) in [5.41, 5.74) is 7.64. The van der Waals surface area contributed by atoms with Crippen LogP contribution in [-0.4, -0.2) is 25.3 Å². The predicted octanol–water partition coefficient (Wildman–Crippen LogP) is 2.47. The molecule has 0 spiro atoms. The third-order valence-corrected chi connectivity index (χ3v) is 5.43. The van der Waals surface area contributed by atoms with Gasteiger partial charge < -0.3 is 5.73 Å². The highest BCUT2D eigenvalue weighted by Crippen LogP contribution is 2.28. The van der Waals surface area contributed by atoms with Crippen molar-refractivity contribution in [3.05, 3.63) is 35.9 Å². The fourth-order valence-corrected chi connectivity index (χ4v) is 4.14. The van der Waals surface area contributed by atoms with Gasteiger partial charge in [0.1, 0.15) is 0 Å². The van der Waals surface area contributed by atoms with Crippen LogP contribution in [0, 0.1) is 13.8 Å². The second-order valence-corrected chi connectivity index (χ2v) is 6.71. The molecule has 0 heterocycles. The molecule has 106 valence electrons. The summed E-state index contributed by atoms with van der Waals surface area (Å²) in [5.74, 6) is 0. The topological polar surface area (TPSA) is 63.4 Å². The highest BCUT2D eigenvalue weighted by molar-refractivity contribution is 7.89. The van der Waals surface area contributed by atoms with Crippen LogP contribution >= 0.6 is 0 Å². The molecule has 0 radical (unpaired) electrons. The molecular formula is C14H22N2O2S. The van der Waals surface area contributed by atoms with E-state index in [1.54, 1.807) is 32.1 Å². The summed E-state index contributed by atoms with van der Waals surface area (Å²) < 4.78 is 27.0. The van der Waals surface area contributed by atoms with Gasteiger partial charge in [-0.25, -0.2) is 8.42 Å². The number of hydrogen-bond acceptors (Lipinski definition) is 3. The quantitative estimate of drug-likeness (QED) is 0.666. The minimum atomic E-state index is -3.56. The number of aryl methyl sites for hydroxylation is 1. The van der Waals surface area contributed by atoms with Crippen molar-refractivity contribution in [3.63, 3.8) is 0 Å². The van der Waals surface area contributed by atoms with Crippen LogP contribution in [-0.2, 0) is 10.0 Å². The van der Waals surface area contributed by atoms with Crippen molar-refractivity contribution in [1.29, 1.82) is 0 Å². The van der Waals surface area contributed by atoms with Gasteiger partial charge in [-0.05, 0) is 44.9 Å². The average molecular weight is 282 g/mol. The van der Waals surface area contributed by atoms with E-state index in [0.717, 1.165) is 0 Å². The number of nitrogens with zero attached hydrogens (tertiary/aromatic N) is 1. The lowest BCUT2D eigenvalue weighted by molar-refractivity contribution is 0.382. The lowest BCUT2D eigenvalue weighted by Gasteiger charge is -2.26. The first-order valence-corrected chi connectivity index (χ1v) is 7.66. The van der Waals surface area contributed by atoms with E-state index in [4.69, 9.17) is 5.73 Å². The Labute approximate surface area is 116 Å². The molecule has 2 N–H and O–H groups in total. The zero-order valence-corrected chi connectivity index (χ0v) is 12.8. The molecule has 0 atom stereocenters. The summed E-state index contributed by atoms with van der Waals surface area (Å²) in [4.78, 5) is 0.308. The van der Waals surface area contributed by atoms with Crippen molar-refractivity contribution in [2.45, 2.75) is 38.6 Å². The molecule has 0 aromatic heterocycles. The maximum absolute atomic E-state index is 12.8. The number of benzene rings is 1. The van der Waals surface area contributed by atoms with Gasteiger partial charge >= 0.3 is 0 Å². The molecular weight excluding hydrogens is 260 g/mol. The molecule has 0 fully saturated rings. The number of sulfonamides is 1. The highest BCUT2D eigenvalue weighted by atomic mass is 32.2. The molecule has 5 heteroatoms. The van der Waals surface area contributed by atoms with Crippen molar-refractivity contribution < 1.29 is 8.42 Å². The Morgan fingerprint density at radius 1 is 1.37 bits per heavy atom. The van der Waals surface area contributed by atoms with Gasteiger partial charge in [0.2, 0.25) is 10.0 Å². The Bertz CT molecular complexity index is 577. The molecule has 0 unspecified atom stereocenters. The van der Waals surface area contributed by atoms with E-state index in [1.165, 1.54) is 4.31 Å². The van der Waals surface area contributed by atoms with Crippen LogP contribution in [0.1, 0.15) is 25.0 Å². The van der Waals surface area contributed by atoms with Gasteiger partial charge in [-0.1, -0.05) is 12.1 Å². The Hall–Kier alpha value is -1.33. The Morgan fingerprint density at radius 3 is 2.42 bits per heavy atom. The van der Waals surface area contributed by atoms with Crippen LogP contribution in [0.2, 0.25) is 0 Å². The van der Waals surface area contributed by atoms with Gasteiger partial charge in [0.25, 0.3) is 0 Å². The molecule has 1 rings (SSSR count). The molecule has 1 aromatic rings. The van der Waals surface area contributed by atoms with Crippen molar-refractivity contribution in [2.24, 2.45) is 0 Å². The second kappa shape index (κ2) is 5.75. The number of rotatable bonds is 5. The van der Waals surface area contributed by atoms with Gasteiger partial charge in [0.05, 0.1) is 4.90 Å². The maximum atomic E-state index is 12.8. The first kappa shape index (κ1) is 15.7. The van der Waals surface area contributed by atoms with Crippen LogP contribution < -0.4 is 5.73 Å². The second-order valence-electron chi connectivity index (χ2n) is 4.88. The Morgan fingerprint density at radius 2 is 1.95 bits per heavy atom. The number of anilines is 1. The molecule has 0 saturated heterocycles. The minimum Gasteiger partial charge on any atom is -0.398 e. The van der Waals surface area contributed by atoms with Gasteiger partial charge in [-0.15, -0.1) is 6.58 Å². The molecule has 0 bridgehead atoms. The molecule has 19 heavy (non-hydrogen) atoms. The normalized spacial score (nSPS) is 12.1. The average Bonchev–Trinajstić information content (AvgIpc) is 2.30. The van der Waals surface area contributed by atoms with Gasteiger partial charge in [-0.3, -0.25) is 0 Å². The number of nitrogens with two attached hydrogens (primary N) is 1. The smallest absolute Gasteiger partial charge is 0.244 e. The minimum absolute atomic E-state index is 0.136. The van der Waals surface area contributed by atoms with E-state index < -0.39 is 10.0 Å². The molecule has 4 nitrogen and oxygen atoms in total. The molecule has 0 aliphatic heterocycles. The number of nitrogen functional groups attached to an aromatic ring is 1. The first-order chi connectivity index (χ1) is 8.73. The summed E-state index contributed by atoms with van der Waals surface area (Å²) in [6, 6.07) is 3.33. The van der Waals surface area contributed by atoms with Crippen LogP contribution in [0.3, 0.4) is 0 Å². The largest absolute Gasteiger partial charge is 0.398 e.